The Balaban J connectivity index is 1.37. The van der Waals surface area contributed by atoms with Gasteiger partial charge in [0.1, 0.15) is 30.5 Å². The van der Waals surface area contributed by atoms with Gasteiger partial charge in [-0.15, -0.1) is 0 Å². The summed E-state index contributed by atoms with van der Waals surface area (Å²) in [4.78, 5) is 12.3. The lowest BCUT2D eigenvalue weighted by atomic mass is 10.1. The molecule has 0 radical (unpaired) electrons. The van der Waals surface area contributed by atoms with Crippen LogP contribution in [0.1, 0.15) is 20.3 Å². The second-order valence-corrected chi connectivity index (χ2v) is 7.99. The van der Waals surface area contributed by atoms with Crippen LogP contribution in [0.4, 0.5) is 11.4 Å². The second-order valence-electron chi connectivity index (χ2n) is 7.99. The van der Waals surface area contributed by atoms with Crippen molar-refractivity contribution in [2.24, 2.45) is 5.92 Å². The topological polar surface area (TPSA) is 68.8 Å². The van der Waals surface area contributed by atoms with Gasteiger partial charge in [0.25, 0.3) is 0 Å². The highest BCUT2D eigenvalue weighted by atomic mass is 16.5. The van der Waals surface area contributed by atoms with Gasteiger partial charge in [-0.2, -0.15) is 0 Å². The van der Waals surface area contributed by atoms with Crippen molar-refractivity contribution in [3.63, 3.8) is 0 Å². The number of ether oxygens (including phenoxy) is 3. The van der Waals surface area contributed by atoms with Gasteiger partial charge in [-0.25, -0.2) is 0 Å². The average Bonchev–Trinajstić information content (AvgIpc) is 2.82. The average molecular weight is 449 g/mol. The van der Waals surface area contributed by atoms with Crippen molar-refractivity contribution in [1.29, 1.82) is 0 Å². The Morgan fingerprint density at radius 1 is 0.727 bits per heavy atom. The van der Waals surface area contributed by atoms with Gasteiger partial charge in [-0.3, -0.25) is 4.79 Å². The summed E-state index contributed by atoms with van der Waals surface area (Å²) in [7, 11) is 0. The van der Waals surface area contributed by atoms with E-state index in [-0.39, 0.29) is 12.5 Å². The predicted molar refractivity (Wildman–Crippen MR) is 132 cm³/mol. The third-order valence-corrected chi connectivity index (χ3v) is 4.75. The molecule has 0 saturated heterocycles. The number of para-hydroxylation sites is 1. The smallest absolute Gasteiger partial charge is 0.243 e. The maximum Gasteiger partial charge on any atom is 0.243 e. The molecule has 174 valence electrons. The number of hydrogen-bond donors (Lipinski definition) is 2. The molecule has 0 aliphatic rings. The molecule has 0 bridgehead atoms. The summed E-state index contributed by atoms with van der Waals surface area (Å²) < 4.78 is 17.1. The number of benzene rings is 3. The second kappa shape index (κ2) is 13.0. The zero-order chi connectivity index (χ0) is 23.3. The Labute approximate surface area is 195 Å². The van der Waals surface area contributed by atoms with Gasteiger partial charge >= 0.3 is 0 Å². The summed E-state index contributed by atoms with van der Waals surface area (Å²) in [6.07, 6.45) is 1.01. The third kappa shape index (κ3) is 9.15. The van der Waals surface area contributed by atoms with Crippen molar-refractivity contribution in [2.75, 3.05) is 37.0 Å². The van der Waals surface area contributed by atoms with Gasteiger partial charge < -0.3 is 24.8 Å². The summed E-state index contributed by atoms with van der Waals surface area (Å²) >= 11 is 0. The summed E-state index contributed by atoms with van der Waals surface area (Å²) in [5.41, 5.74) is 1.54. The fourth-order valence-corrected chi connectivity index (χ4v) is 2.97. The first-order valence-corrected chi connectivity index (χ1v) is 11.3. The van der Waals surface area contributed by atoms with Crippen molar-refractivity contribution in [3.05, 3.63) is 78.9 Å². The lowest BCUT2D eigenvalue weighted by Gasteiger charge is -2.11. The van der Waals surface area contributed by atoms with Gasteiger partial charge in [0.15, 0.2) is 0 Å². The summed E-state index contributed by atoms with van der Waals surface area (Å²) in [6.45, 7) is 6.05. The van der Waals surface area contributed by atoms with Gasteiger partial charge in [0.05, 0.1) is 13.2 Å². The van der Waals surface area contributed by atoms with Crippen LogP contribution in [0.3, 0.4) is 0 Å². The van der Waals surface area contributed by atoms with E-state index >= 15 is 0 Å². The van der Waals surface area contributed by atoms with Crippen LogP contribution < -0.4 is 24.8 Å². The monoisotopic (exact) mass is 448 g/mol. The molecule has 3 aromatic carbocycles. The Morgan fingerprint density at radius 2 is 1.36 bits per heavy atom. The number of anilines is 2. The van der Waals surface area contributed by atoms with E-state index in [4.69, 9.17) is 14.2 Å². The molecule has 0 fully saturated rings. The van der Waals surface area contributed by atoms with Crippen molar-refractivity contribution in [1.82, 2.24) is 0 Å². The zero-order valence-corrected chi connectivity index (χ0v) is 19.3. The van der Waals surface area contributed by atoms with Crippen molar-refractivity contribution < 1.29 is 19.0 Å². The number of hydrogen-bond acceptors (Lipinski definition) is 5. The van der Waals surface area contributed by atoms with Crippen LogP contribution in [0.25, 0.3) is 0 Å². The van der Waals surface area contributed by atoms with Crippen molar-refractivity contribution in [2.45, 2.75) is 20.3 Å². The minimum Gasteiger partial charge on any atom is -0.494 e. The maximum absolute atomic E-state index is 12.3. The van der Waals surface area contributed by atoms with E-state index in [2.05, 4.69) is 24.5 Å². The maximum atomic E-state index is 12.3. The molecule has 6 nitrogen and oxygen atoms in total. The highest BCUT2D eigenvalue weighted by Crippen LogP contribution is 2.18. The Morgan fingerprint density at radius 3 is 2.09 bits per heavy atom. The first-order chi connectivity index (χ1) is 16.1. The van der Waals surface area contributed by atoms with E-state index in [0.717, 1.165) is 29.3 Å². The molecule has 3 aromatic rings. The third-order valence-electron chi connectivity index (χ3n) is 4.75. The molecule has 0 aromatic heterocycles. The fourth-order valence-electron chi connectivity index (χ4n) is 2.97. The molecule has 0 spiro atoms. The van der Waals surface area contributed by atoms with Gasteiger partial charge in [0.2, 0.25) is 5.91 Å². The molecule has 2 N–H and O–H groups in total. The van der Waals surface area contributed by atoms with Crippen LogP contribution in [0, 0.1) is 5.92 Å². The zero-order valence-electron chi connectivity index (χ0n) is 19.3. The Hall–Kier alpha value is -3.67. The first-order valence-electron chi connectivity index (χ1n) is 11.3. The molecule has 0 heterocycles. The SMILES string of the molecule is CC(C)CCOc1ccc(NC(=O)CNc2cccc(OCCOc3ccccc3)c2)cc1. The molecule has 0 aliphatic heterocycles. The number of rotatable bonds is 13. The minimum absolute atomic E-state index is 0.133. The van der Waals surface area contributed by atoms with Crippen LogP contribution in [0.15, 0.2) is 78.9 Å². The number of nitrogens with one attached hydrogen (secondary N) is 2. The van der Waals surface area contributed by atoms with E-state index in [9.17, 15) is 4.79 Å². The highest BCUT2D eigenvalue weighted by molar-refractivity contribution is 5.93. The van der Waals surface area contributed by atoms with Crippen LogP contribution in [0.5, 0.6) is 17.2 Å². The first kappa shape index (κ1) is 24.0. The van der Waals surface area contributed by atoms with E-state index in [0.29, 0.717) is 31.5 Å². The molecule has 0 aliphatic carbocycles. The Bertz CT molecular complexity index is 975. The van der Waals surface area contributed by atoms with E-state index < -0.39 is 0 Å². The van der Waals surface area contributed by atoms with Crippen LogP contribution in [-0.2, 0) is 4.79 Å². The molecular weight excluding hydrogens is 416 g/mol. The molecule has 1 amide bonds. The summed E-state index contributed by atoms with van der Waals surface area (Å²) in [6, 6.07) is 24.5. The lowest BCUT2D eigenvalue weighted by molar-refractivity contribution is -0.114. The van der Waals surface area contributed by atoms with Crippen LogP contribution >= 0.6 is 0 Å². The number of amides is 1. The summed E-state index contributed by atoms with van der Waals surface area (Å²) in [5, 5.41) is 6.00. The number of carbonyl (C=O) groups excluding carboxylic acids is 1. The highest BCUT2D eigenvalue weighted by Gasteiger charge is 2.04. The predicted octanol–water partition coefficient (Wildman–Crippen LogP) is 5.62. The van der Waals surface area contributed by atoms with Crippen molar-refractivity contribution in [3.8, 4) is 17.2 Å². The molecular formula is C27H32N2O4. The van der Waals surface area contributed by atoms with Gasteiger partial charge in [-0.1, -0.05) is 38.1 Å². The molecule has 6 heteroatoms. The lowest BCUT2D eigenvalue weighted by Crippen LogP contribution is -2.21. The molecule has 3 rings (SSSR count). The molecule has 0 unspecified atom stereocenters. The molecule has 0 atom stereocenters. The normalized spacial score (nSPS) is 10.5. The molecule has 0 saturated carbocycles. The quantitative estimate of drug-likeness (QED) is 0.332. The molecule has 33 heavy (non-hydrogen) atoms. The fraction of sp³-hybridized carbons (Fsp3) is 0.296. The van der Waals surface area contributed by atoms with Crippen LogP contribution in [-0.4, -0.2) is 32.3 Å². The van der Waals surface area contributed by atoms with E-state index in [1.807, 2.05) is 78.9 Å². The van der Waals surface area contributed by atoms with E-state index in [1.54, 1.807) is 0 Å². The standard InChI is InChI=1S/C27H32N2O4/c1-21(2)15-16-31-25-13-11-22(12-14-25)29-27(30)20-28-23-7-6-10-26(19-23)33-18-17-32-24-8-4-3-5-9-24/h3-14,19,21,28H,15-18,20H2,1-2H3,(H,29,30). The van der Waals surface area contributed by atoms with Crippen molar-refractivity contribution >= 4 is 17.3 Å². The van der Waals surface area contributed by atoms with Crippen LogP contribution in [0.2, 0.25) is 0 Å². The summed E-state index contributed by atoms with van der Waals surface area (Å²) in [5.74, 6) is 2.81. The largest absolute Gasteiger partial charge is 0.494 e. The minimum atomic E-state index is -0.133. The Kier molecular flexibility index (Phi) is 9.45. The van der Waals surface area contributed by atoms with Gasteiger partial charge in [-0.05, 0) is 60.9 Å². The van der Waals surface area contributed by atoms with E-state index in [1.165, 1.54) is 0 Å². The number of carbonyl (C=O) groups is 1. The van der Waals surface area contributed by atoms with Gasteiger partial charge in [0, 0.05) is 17.4 Å².